The summed E-state index contributed by atoms with van der Waals surface area (Å²) in [5.74, 6) is 1.68. The lowest BCUT2D eigenvalue weighted by molar-refractivity contribution is 0.185. The van der Waals surface area contributed by atoms with Gasteiger partial charge in [0.2, 0.25) is 0 Å². The van der Waals surface area contributed by atoms with Crippen LogP contribution in [0.5, 0.6) is 0 Å². The number of nitrogens with one attached hydrogen (secondary N) is 2. The van der Waals surface area contributed by atoms with E-state index in [1.165, 1.54) is 37.1 Å². The van der Waals surface area contributed by atoms with Crippen molar-refractivity contribution in [1.29, 1.82) is 0 Å². The molecule has 0 aliphatic carbocycles. The molecule has 1 saturated heterocycles. The lowest BCUT2D eigenvalue weighted by Gasteiger charge is -2.30. The average Bonchev–Trinajstić information content (AvgIpc) is 3.09. The normalized spacial score (nSPS) is 15.9. The fourth-order valence-corrected chi connectivity index (χ4v) is 3.47. The number of rotatable bonds is 6. The summed E-state index contributed by atoms with van der Waals surface area (Å²) in [7, 11) is 3.74. The van der Waals surface area contributed by atoms with Crippen LogP contribution in [0.1, 0.15) is 36.6 Å². The summed E-state index contributed by atoms with van der Waals surface area (Å²) in [6.45, 7) is 7.30. The number of piperidine rings is 1. The number of guanidine groups is 1. The number of likely N-dealkylation sites (tertiary alicyclic amines) is 1. The maximum absolute atomic E-state index is 4.31. The van der Waals surface area contributed by atoms with Gasteiger partial charge in [0, 0.05) is 33.4 Å². The van der Waals surface area contributed by atoms with Crippen LogP contribution in [0.3, 0.4) is 0 Å². The molecule has 0 radical (unpaired) electrons. The van der Waals surface area contributed by atoms with Gasteiger partial charge in [-0.25, -0.2) is 0 Å². The Morgan fingerprint density at radius 3 is 2.54 bits per heavy atom. The second kappa shape index (κ2) is 11.4. The highest BCUT2D eigenvalue weighted by atomic mass is 127. The first-order valence-electron chi connectivity index (χ1n) is 9.85. The quantitative estimate of drug-likeness (QED) is 0.367. The van der Waals surface area contributed by atoms with Crippen LogP contribution in [-0.2, 0) is 26.7 Å². The molecule has 1 aromatic carbocycles. The van der Waals surface area contributed by atoms with E-state index in [4.69, 9.17) is 0 Å². The van der Waals surface area contributed by atoms with Crippen LogP contribution in [0.4, 0.5) is 0 Å². The SMILES string of the molecule is CN=C(NCc1cccc(CN2CCC(C)CC2)c1)NCc1ccnn1C.I. The number of aromatic nitrogens is 2. The number of halogens is 1. The Balaban J connectivity index is 0.00000280. The highest BCUT2D eigenvalue weighted by Crippen LogP contribution is 2.18. The summed E-state index contributed by atoms with van der Waals surface area (Å²) in [6.07, 6.45) is 4.45. The maximum Gasteiger partial charge on any atom is 0.191 e. The van der Waals surface area contributed by atoms with Gasteiger partial charge in [-0.2, -0.15) is 5.10 Å². The summed E-state index contributed by atoms with van der Waals surface area (Å²) >= 11 is 0. The molecule has 1 fully saturated rings. The fraction of sp³-hybridized carbons (Fsp3) is 0.524. The van der Waals surface area contributed by atoms with Gasteiger partial charge in [0.25, 0.3) is 0 Å². The monoisotopic (exact) mass is 496 g/mol. The molecule has 2 heterocycles. The zero-order valence-corrected chi connectivity index (χ0v) is 19.5. The summed E-state index contributed by atoms with van der Waals surface area (Å²) in [5, 5.41) is 10.9. The third kappa shape index (κ3) is 6.77. The number of hydrogen-bond donors (Lipinski definition) is 2. The van der Waals surface area contributed by atoms with Crippen LogP contribution in [0, 0.1) is 5.92 Å². The molecule has 0 unspecified atom stereocenters. The van der Waals surface area contributed by atoms with Gasteiger partial charge in [0.05, 0.1) is 12.2 Å². The molecule has 6 nitrogen and oxygen atoms in total. The van der Waals surface area contributed by atoms with E-state index in [2.05, 4.69) is 56.8 Å². The average molecular weight is 496 g/mol. The Morgan fingerprint density at radius 1 is 1.14 bits per heavy atom. The highest BCUT2D eigenvalue weighted by molar-refractivity contribution is 14.0. The van der Waals surface area contributed by atoms with Crippen molar-refractivity contribution in [3.8, 4) is 0 Å². The lowest BCUT2D eigenvalue weighted by Crippen LogP contribution is -2.36. The van der Waals surface area contributed by atoms with Crippen molar-refractivity contribution in [2.45, 2.75) is 39.4 Å². The summed E-state index contributed by atoms with van der Waals surface area (Å²) in [6, 6.07) is 10.9. The number of aliphatic imine (C=N–C) groups is 1. The molecule has 0 amide bonds. The number of aryl methyl sites for hydroxylation is 1. The maximum atomic E-state index is 4.31. The van der Waals surface area contributed by atoms with Crippen LogP contribution in [0.25, 0.3) is 0 Å². The van der Waals surface area contributed by atoms with E-state index in [0.717, 1.165) is 30.7 Å². The lowest BCUT2D eigenvalue weighted by atomic mass is 9.98. The second-order valence-electron chi connectivity index (χ2n) is 7.50. The molecule has 0 saturated carbocycles. The Labute approximate surface area is 185 Å². The molecule has 0 atom stereocenters. The molecular formula is C21H33IN6. The molecule has 1 aliphatic heterocycles. The third-order valence-electron chi connectivity index (χ3n) is 5.32. The number of benzene rings is 1. The molecular weight excluding hydrogens is 463 g/mol. The van der Waals surface area contributed by atoms with Crippen LogP contribution in [0.15, 0.2) is 41.5 Å². The first-order chi connectivity index (χ1) is 13.1. The topological polar surface area (TPSA) is 57.5 Å². The van der Waals surface area contributed by atoms with E-state index in [1.54, 1.807) is 7.05 Å². The van der Waals surface area contributed by atoms with E-state index in [9.17, 15) is 0 Å². The summed E-state index contributed by atoms with van der Waals surface area (Å²) in [4.78, 5) is 6.88. The van der Waals surface area contributed by atoms with E-state index < -0.39 is 0 Å². The summed E-state index contributed by atoms with van der Waals surface area (Å²) in [5.41, 5.74) is 3.79. The van der Waals surface area contributed by atoms with Crippen molar-refractivity contribution in [1.82, 2.24) is 25.3 Å². The first-order valence-corrected chi connectivity index (χ1v) is 9.85. The predicted octanol–water partition coefficient (Wildman–Crippen LogP) is 3.14. The van der Waals surface area contributed by atoms with E-state index in [-0.39, 0.29) is 24.0 Å². The van der Waals surface area contributed by atoms with Crippen molar-refractivity contribution in [3.05, 3.63) is 53.3 Å². The van der Waals surface area contributed by atoms with Gasteiger partial charge in [0.15, 0.2) is 5.96 Å². The van der Waals surface area contributed by atoms with E-state index in [1.807, 2.05) is 24.0 Å². The van der Waals surface area contributed by atoms with E-state index in [0.29, 0.717) is 6.54 Å². The molecule has 1 aromatic heterocycles. The Bertz CT molecular complexity index is 749. The zero-order chi connectivity index (χ0) is 19.1. The van der Waals surface area contributed by atoms with Crippen LogP contribution < -0.4 is 10.6 Å². The van der Waals surface area contributed by atoms with E-state index >= 15 is 0 Å². The molecule has 1 aliphatic rings. The van der Waals surface area contributed by atoms with Crippen LogP contribution >= 0.6 is 24.0 Å². The molecule has 2 N–H and O–H groups in total. The summed E-state index contributed by atoms with van der Waals surface area (Å²) < 4.78 is 1.87. The number of nitrogens with zero attached hydrogens (tertiary/aromatic N) is 4. The fourth-order valence-electron chi connectivity index (χ4n) is 3.47. The van der Waals surface area contributed by atoms with Crippen molar-refractivity contribution in [2.24, 2.45) is 18.0 Å². The Morgan fingerprint density at radius 2 is 1.86 bits per heavy atom. The largest absolute Gasteiger partial charge is 0.352 e. The Hall–Kier alpha value is -1.61. The standard InChI is InChI=1S/C21H32N6.HI/c1-17-8-11-27(12-9-17)16-19-6-4-5-18(13-19)14-23-21(22-2)24-15-20-7-10-25-26(20)3;/h4-7,10,13,17H,8-9,11-12,14-16H2,1-3H3,(H2,22,23,24);1H. The number of hydrogen-bond acceptors (Lipinski definition) is 3. The van der Waals surface area contributed by atoms with Crippen molar-refractivity contribution in [2.75, 3.05) is 20.1 Å². The smallest absolute Gasteiger partial charge is 0.191 e. The zero-order valence-electron chi connectivity index (χ0n) is 17.2. The van der Waals surface area contributed by atoms with Crippen molar-refractivity contribution in [3.63, 3.8) is 0 Å². The molecule has 28 heavy (non-hydrogen) atoms. The van der Waals surface area contributed by atoms with Gasteiger partial charge in [-0.3, -0.25) is 14.6 Å². The first kappa shape index (κ1) is 22.7. The van der Waals surface area contributed by atoms with Crippen molar-refractivity contribution < 1.29 is 0 Å². The molecule has 2 aromatic rings. The predicted molar refractivity (Wildman–Crippen MR) is 126 cm³/mol. The molecule has 154 valence electrons. The molecule has 3 rings (SSSR count). The highest BCUT2D eigenvalue weighted by Gasteiger charge is 2.15. The van der Waals surface area contributed by atoms with Gasteiger partial charge >= 0.3 is 0 Å². The minimum absolute atomic E-state index is 0. The van der Waals surface area contributed by atoms with Crippen LogP contribution in [-0.4, -0.2) is 40.8 Å². The van der Waals surface area contributed by atoms with Gasteiger partial charge in [-0.05, 0) is 49.0 Å². The minimum Gasteiger partial charge on any atom is -0.352 e. The molecule has 0 spiro atoms. The van der Waals surface area contributed by atoms with Gasteiger partial charge in [-0.15, -0.1) is 24.0 Å². The second-order valence-corrected chi connectivity index (χ2v) is 7.50. The Kier molecular flexibility index (Phi) is 9.24. The van der Waals surface area contributed by atoms with Gasteiger partial charge in [0.1, 0.15) is 0 Å². The van der Waals surface area contributed by atoms with Gasteiger partial charge < -0.3 is 10.6 Å². The van der Waals surface area contributed by atoms with Crippen LogP contribution in [0.2, 0.25) is 0 Å². The minimum atomic E-state index is 0. The van der Waals surface area contributed by atoms with Gasteiger partial charge in [-0.1, -0.05) is 31.2 Å². The third-order valence-corrected chi connectivity index (χ3v) is 5.32. The molecule has 7 heteroatoms. The van der Waals surface area contributed by atoms with Crippen molar-refractivity contribution >= 4 is 29.9 Å². The molecule has 0 bridgehead atoms.